The lowest BCUT2D eigenvalue weighted by molar-refractivity contribution is 0.0578. The Bertz CT molecular complexity index is 681. The molecule has 1 saturated carbocycles. The summed E-state index contributed by atoms with van der Waals surface area (Å²) in [6, 6.07) is 7.04. The molecule has 4 rings (SSSR count). The summed E-state index contributed by atoms with van der Waals surface area (Å²) in [5, 5.41) is 0. The van der Waals surface area contributed by atoms with Crippen molar-refractivity contribution in [1.29, 1.82) is 0 Å². The molecule has 3 atom stereocenters. The van der Waals surface area contributed by atoms with Crippen LogP contribution in [0.15, 0.2) is 24.3 Å². The minimum Gasteiger partial charge on any atom is -0.331 e. The maximum absolute atomic E-state index is 12.6. The molecule has 1 aliphatic carbocycles. The van der Waals surface area contributed by atoms with Crippen LogP contribution in [0.2, 0.25) is 0 Å². The van der Waals surface area contributed by atoms with E-state index in [0.717, 1.165) is 25.9 Å². The first-order chi connectivity index (χ1) is 11.5. The molecule has 1 aromatic carbocycles. The van der Waals surface area contributed by atoms with Crippen LogP contribution < -0.4 is 0 Å². The van der Waals surface area contributed by atoms with E-state index >= 15 is 0 Å². The van der Waals surface area contributed by atoms with E-state index in [-0.39, 0.29) is 23.9 Å². The van der Waals surface area contributed by atoms with Gasteiger partial charge in [0.15, 0.2) is 0 Å². The fourth-order valence-corrected chi connectivity index (χ4v) is 4.46. The van der Waals surface area contributed by atoms with Gasteiger partial charge < -0.3 is 9.80 Å². The van der Waals surface area contributed by atoms with Crippen LogP contribution in [0.4, 0.5) is 4.79 Å². The largest absolute Gasteiger partial charge is 0.331 e. The SMILES string of the molecule is CN(C)C(=O)N1C[C@H]2CC(N3C(=O)c4ccccc4C3=O)C[C@H]2C1. The maximum atomic E-state index is 12.6. The zero-order chi connectivity index (χ0) is 17.0. The Hall–Kier alpha value is -2.37. The highest BCUT2D eigenvalue weighted by Crippen LogP contribution is 2.42. The Balaban J connectivity index is 1.48. The van der Waals surface area contributed by atoms with Gasteiger partial charge in [0.2, 0.25) is 0 Å². The van der Waals surface area contributed by atoms with Crippen molar-refractivity contribution >= 4 is 17.8 Å². The molecule has 6 heteroatoms. The Morgan fingerprint density at radius 3 is 1.96 bits per heavy atom. The Kier molecular flexibility index (Phi) is 3.37. The molecule has 1 saturated heterocycles. The topological polar surface area (TPSA) is 60.9 Å². The van der Waals surface area contributed by atoms with Crippen molar-refractivity contribution in [2.24, 2.45) is 11.8 Å². The third-order valence-electron chi connectivity index (χ3n) is 5.57. The summed E-state index contributed by atoms with van der Waals surface area (Å²) in [6.45, 7) is 1.45. The second kappa shape index (κ2) is 5.33. The molecule has 2 fully saturated rings. The molecule has 126 valence electrons. The quantitative estimate of drug-likeness (QED) is 0.737. The van der Waals surface area contributed by atoms with Gasteiger partial charge in [-0.3, -0.25) is 14.5 Å². The number of nitrogens with zero attached hydrogens (tertiary/aromatic N) is 3. The van der Waals surface area contributed by atoms with E-state index in [4.69, 9.17) is 0 Å². The van der Waals surface area contributed by atoms with Crippen LogP contribution in [-0.4, -0.2) is 65.8 Å². The second-order valence-electron chi connectivity index (χ2n) is 7.25. The van der Waals surface area contributed by atoms with Crippen molar-refractivity contribution in [1.82, 2.24) is 14.7 Å². The highest BCUT2D eigenvalue weighted by atomic mass is 16.2. The zero-order valence-corrected chi connectivity index (χ0v) is 13.9. The summed E-state index contributed by atoms with van der Waals surface area (Å²) < 4.78 is 0. The average molecular weight is 327 g/mol. The molecule has 2 aliphatic heterocycles. The molecule has 4 amide bonds. The van der Waals surface area contributed by atoms with Gasteiger partial charge in [-0.05, 0) is 36.8 Å². The number of rotatable bonds is 1. The summed E-state index contributed by atoms with van der Waals surface area (Å²) in [6.07, 6.45) is 1.60. The van der Waals surface area contributed by atoms with Crippen LogP contribution in [0.1, 0.15) is 33.6 Å². The van der Waals surface area contributed by atoms with Crippen LogP contribution in [0.5, 0.6) is 0 Å². The van der Waals surface area contributed by atoms with Crippen molar-refractivity contribution in [2.45, 2.75) is 18.9 Å². The van der Waals surface area contributed by atoms with Gasteiger partial charge in [0.05, 0.1) is 11.1 Å². The Morgan fingerprint density at radius 2 is 1.50 bits per heavy atom. The van der Waals surface area contributed by atoms with Crippen LogP contribution in [0, 0.1) is 11.8 Å². The van der Waals surface area contributed by atoms with Crippen molar-refractivity contribution in [3.63, 3.8) is 0 Å². The number of amides is 4. The third-order valence-corrected chi connectivity index (χ3v) is 5.57. The van der Waals surface area contributed by atoms with Gasteiger partial charge in [-0.25, -0.2) is 4.79 Å². The lowest BCUT2D eigenvalue weighted by atomic mass is 10.0. The number of benzene rings is 1. The number of carbonyl (C=O) groups is 3. The molecule has 0 aromatic heterocycles. The number of urea groups is 1. The summed E-state index contributed by atoms with van der Waals surface area (Å²) in [4.78, 5) is 42.3. The van der Waals surface area contributed by atoms with Gasteiger partial charge in [0.25, 0.3) is 11.8 Å². The molecule has 0 spiro atoms. The van der Waals surface area contributed by atoms with Crippen LogP contribution in [0.25, 0.3) is 0 Å². The average Bonchev–Trinajstić information content (AvgIpc) is 3.18. The molecule has 0 bridgehead atoms. The van der Waals surface area contributed by atoms with E-state index in [1.54, 1.807) is 43.3 Å². The number of fused-ring (bicyclic) bond motifs is 2. The van der Waals surface area contributed by atoms with E-state index in [2.05, 4.69) is 0 Å². The van der Waals surface area contributed by atoms with Gasteiger partial charge in [-0.2, -0.15) is 0 Å². The van der Waals surface area contributed by atoms with Crippen LogP contribution in [0.3, 0.4) is 0 Å². The molecule has 2 heterocycles. The Morgan fingerprint density at radius 1 is 1.00 bits per heavy atom. The monoisotopic (exact) mass is 327 g/mol. The van der Waals surface area contributed by atoms with Crippen molar-refractivity contribution < 1.29 is 14.4 Å². The number of likely N-dealkylation sites (tertiary alicyclic amines) is 1. The predicted octanol–water partition coefficient (Wildman–Crippen LogP) is 1.67. The first-order valence-corrected chi connectivity index (χ1v) is 8.40. The molecular formula is C18H21N3O3. The van der Waals surface area contributed by atoms with Crippen molar-refractivity contribution in [2.75, 3.05) is 27.2 Å². The molecule has 1 unspecified atom stereocenters. The standard InChI is InChI=1S/C18H21N3O3/c1-19(2)18(24)20-9-11-7-13(8-12(11)10-20)21-16(22)14-5-3-4-6-15(14)17(21)23/h3-6,11-13H,7-10H2,1-2H3/t11-,12+,13?. The van der Waals surface area contributed by atoms with Crippen LogP contribution >= 0.6 is 0 Å². The normalized spacial score (nSPS) is 28.3. The molecule has 1 aromatic rings. The number of imide groups is 1. The molecule has 24 heavy (non-hydrogen) atoms. The summed E-state index contributed by atoms with van der Waals surface area (Å²) >= 11 is 0. The molecule has 3 aliphatic rings. The fraction of sp³-hybridized carbons (Fsp3) is 0.500. The van der Waals surface area contributed by atoms with E-state index in [9.17, 15) is 14.4 Å². The van der Waals surface area contributed by atoms with Gasteiger partial charge in [0, 0.05) is 33.2 Å². The number of hydrogen-bond donors (Lipinski definition) is 0. The van der Waals surface area contributed by atoms with E-state index < -0.39 is 0 Å². The zero-order valence-electron chi connectivity index (χ0n) is 13.9. The smallest absolute Gasteiger partial charge is 0.319 e. The van der Waals surface area contributed by atoms with Gasteiger partial charge in [-0.15, -0.1) is 0 Å². The summed E-state index contributed by atoms with van der Waals surface area (Å²) in [7, 11) is 3.52. The fourth-order valence-electron chi connectivity index (χ4n) is 4.46. The first kappa shape index (κ1) is 15.2. The van der Waals surface area contributed by atoms with E-state index in [0.29, 0.717) is 23.0 Å². The highest BCUT2D eigenvalue weighted by Gasteiger charge is 2.49. The van der Waals surface area contributed by atoms with Crippen molar-refractivity contribution in [3.8, 4) is 0 Å². The van der Waals surface area contributed by atoms with E-state index in [1.165, 1.54) is 4.90 Å². The second-order valence-corrected chi connectivity index (χ2v) is 7.25. The first-order valence-electron chi connectivity index (χ1n) is 8.40. The third kappa shape index (κ3) is 2.12. The van der Waals surface area contributed by atoms with E-state index in [1.807, 2.05) is 4.90 Å². The predicted molar refractivity (Wildman–Crippen MR) is 87.6 cm³/mol. The Labute approximate surface area is 141 Å². The molecule has 0 N–H and O–H groups in total. The maximum Gasteiger partial charge on any atom is 0.319 e. The molecular weight excluding hydrogens is 306 g/mol. The number of carbonyl (C=O) groups excluding carboxylic acids is 3. The minimum absolute atomic E-state index is 0.0380. The number of hydrogen-bond acceptors (Lipinski definition) is 3. The molecule has 0 radical (unpaired) electrons. The highest BCUT2D eigenvalue weighted by molar-refractivity contribution is 6.21. The van der Waals surface area contributed by atoms with Gasteiger partial charge in [-0.1, -0.05) is 12.1 Å². The lowest BCUT2D eigenvalue weighted by Crippen LogP contribution is -2.41. The lowest BCUT2D eigenvalue weighted by Gasteiger charge is -2.26. The van der Waals surface area contributed by atoms with Crippen LogP contribution in [-0.2, 0) is 0 Å². The van der Waals surface area contributed by atoms with Crippen molar-refractivity contribution in [3.05, 3.63) is 35.4 Å². The minimum atomic E-state index is -0.165. The summed E-state index contributed by atoms with van der Waals surface area (Å²) in [5.74, 6) is 0.426. The van der Waals surface area contributed by atoms with Gasteiger partial charge in [0.1, 0.15) is 0 Å². The molecule has 6 nitrogen and oxygen atoms in total. The van der Waals surface area contributed by atoms with Gasteiger partial charge >= 0.3 is 6.03 Å². The summed E-state index contributed by atoms with van der Waals surface area (Å²) in [5.41, 5.74) is 1.04.